The highest BCUT2D eigenvalue weighted by molar-refractivity contribution is 7.89. The molecule has 0 aromatic rings. The van der Waals surface area contributed by atoms with Crippen LogP contribution in [0.3, 0.4) is 0 Å². The van der Waals surface area contributed by atoms with Gasteiger partial charge >= 0.3 is 5.97 Å². The molecule has 0 fully saturated rings. The number of amides is 1. The average Bonchev–Trinajstić information content (AvgIpc) is 2.21. The third kappa shape index (κ3) is 6.33. The minimum atomic E-state index is -3.64. The number of rotatable bonds is 6. The number of Topliss-reactive ketones (excluding diaryl/α,β-unsaturated/α-hetero) is 1. The van der Waals surface area contributed by atoms with E-state index in [1.807, 2.05) is 0 Å². The molecule has 0 aliphatic carbocycles. The van der Waals surface area contributed by atoms with Gasteiger partial charge in [0.25, 0.3) is 0 Å². The summed E-state index contributed by atoms with van der Waals surface area (Å²) in [5.74, 6) is -3.85. The molecule has 0 bridgehead atoms. The molecule has 0 aliphatic heterocycles. The molecule has 0 saturated heterocycles. The Morgan fingerprint density at radius 1 is 1.17 bits per heavy atom. The van der Waals surface area contributed by atoms with E-state index in [0.717, 1.165) is 6.26 Å². The van der Waals surface area contributed by atoms with Crippen LogP contribution in [0.4, 0.5) is 0 Å². The van der Waals surface area contributed by atoms with Crippen LogP contribution in [0.25, 0.3) is 0 Å². The van der Waals surface area contributed by atoms with Gasteiger partial charge in [-0.05, 0) is 0 Å². The van der Waals surface area contributed by atoms with Gasteiger partial charge < -0.3 is 4.74 Å². The van der Waals surface area contributed by atoms with Crippen LogP contribution in [0.15, 0.2) is 0 Å². The van der Waals surface area contributed by atoms with Crippen LogP contribution in [-0.2, 0) is 29.1 Å². The summed E-state index contributed by atoms with van der Waals surface area (Å²) in [4.78, 5) is 33.7. The van der Waals surface area contributed by atoms with Crippen molar-refractivity contribution in [2.24, 2.45) is 11.8 Å². The minimum absolute atomic E-state index is 0.349. The lowest BCUT2D eigenvalue weighted by Crippen LogP contribution is -2.36. The molecular weight excluding hydrogens is 262 g/mol. The molecule has 8 heteroatoms. The molecule has 0 saturated carbocycles. The molecule has 1 N–H and O–H groups in total. The molecule has 0 spiro atoms. The van der Waals surface area contributed by atoms with E-state index in [4.69, 9.17) is 0 Å². The Morgan fingerprint density at radius 2 is 1.67 bits per heavy atom. The summed E-state index contributed by atoms with van der Waals surface area (Å²) in [6, 6.07) is 0. The molecule has 104 valence electrons. The number of hydrogen-bond donors (Lipinski definition) is 1. The molecule has 0 aromatic carbocycles. The third-order valence-electron chi connectivity index (χ3n) is 1.92. The van der Waals surface area contributed by atoms with Gasteiger partial charge in [-0.1, -0.05) is 20.8 Å². The highest BCUT2D eigenvalue weighted by Crippen LogP contribution is 2.01. The van der Waals surface area contributed by atoms with Crippen molar-refractivity contribution in [1.29, 1.82) is 0 Å². The lowest BCUT2D eigenvalue weighted by atomic mass is 10.1. The van der Waals surface area contributed by atoms with Crippen molar-refractivity contribution in [2.45, 2.75) is 20.8 Å². The van der Waals surface area contributed by atoms with Crippen molar-refractivity contribution in [3.8, 4) is 0 Å². The smallest absolute Gasteiger partial charge is 0.374 e. The van der Waals surface area contributed by atoms with Crippen LogP contribution in [0.2, 0.25) is 0 Å². The fourth-order valence-electron chi connectivity index (χ4n) is 0.867. The number of esters is 1. The normalized spacial score (nSPS) is 12.9. The SMILES string of the molecule is CC(C)C(=O)C(=O)OCC(C)C(=O)NS(C)(=O)=O. The Kier molecular flexibility index (Phi) is 5.96. The van der Waals surface area contributed by atoms with Crippen molar-refractivity contribution in [3.63, 3.8) is 0 Å². The molecule has 1 unspecified atom stereocenters. The maximum atomic E-state index is 11.3. The summed E-state index contributed by atoms with van der Waals surface area (Å²) in [5.41, 5.74) is 0. The molecule has 0 aliphatic rings. The summed E-state index contributed by atoms with van der Waals surface area (Å²) in [6.45, 7) is 4.12. The van der Waals surface area contributed by atoms with Crippen LogP contribution in [0, 0.1) is 11.8 Å². The first-order valence-electron chi connectivity index (χ1n) is 5.27. The van der Waals surface area contributed by atoms with Gasteiger partial charge in [0.1, 0.15) is 6.61 Å². The number of ether oxygens (including phenoxy) is 1. The Labute approximate surface area is 106 Å². The van der Waals surface area contributed by atoms with E-state index >= 15 is 0 Å². The lowest BCUT2D eigenvalue weighted by molar-refractivity contribution is -0.156. The van der Waals surface area contributed by atoms with Gasteiger partial charge in [0.05, 0.1) is 12.2 Å². The van der Waals surface area contributed by atoms with Crippen molar-refractivity contribution >= 4 is 27.7 Å². The second-order valence-corrected chi connectivity index (χ2v) is 6.01. The molecule has 1 atom stereocenters. The first-order chi connectivity index (χ1) is 8.04. The van der Waals surface area contributed by atoms with Gasteiger partial charge in [-0.3, -0.25) is 14.3 Å². The monoisotopic (exact) mass is 279 g/mol. The van der Waals surface area contributed by atoms with E-state index in [2.05, 4.69) is 4.74 Å². The maximum absolute atomic E-state index is 11.3. The average molecular weight is 279 g/mol. The first-order valence-corrected chi connectivity index (χ1v) is 7.16. The van der Waals surface area contributed by atoms with E-state index in [1.54, 1.807) is 18.6 Å². The van der Waals surface area contributed by atoms with Crippen LogP contribution in [0.1, 0.15) is 20.8 Å². The fraction of sp³-hybridized carbons (Fsp3) is 0.700. The molecule has 1 amide bonds. The standard InChI is InChI=1S/C10H17NO6S/c1-6(2)8(12)10(14)17-5-7(3)9(13)11-18(4,15)16/h6-7H,5H2,1-4H3,(H,11,13). The number of hydrogen-bond acceptors (Lipinski definition) is 6. The zero-order valence-electron chi connectivity index (χ0n) is 10.7. The molecule has 7 nitrogen and oxygen atoms in total. The zero-order chi connectivity index (χ0) is 14.5. The van der Waals surface area contributed by atoms with Gasteiger partial charge in [-0.25, -0.2) is 13.2 Å². The summed E-state index contributed by atoms with van der Waals surface area (Å²) in [6.07, 6.45) is 0.839. The Hall–Kier alpha value is -1.44. The molecule has 0 radical (unpaired) electrons. The summed E-state index contributed by atoms with van der Waals surface area (Å²) < 4.78 is 27.9. The van der Waals surface area contributed by atoms with Crippen LogP contribution < -0.4 is 4.72 Å². The van der Waals surface area contributed by atoms with Gasteiger partial charge in [-0.15, -0.1) is 0 Å². The van der Waals surface area contributed by atoms with E-state index in [0.29, 0.717) is 0 Å². The van der Waals surface area contributed by atoms with Crippen molar-refractivity contribution < 1.29 is 27.5 Å². The lowest BCUT2D eigenvalue weighted by Gasteiger charge is -2.11. The van der Waals surface area contributed by atoms with E-state index in [9.17, 15) is 22.8 Å². The van der Waals surface area contributed by atoms with Gasteiger partial charge in [-0.2, -0.15) is 0 Å². The van der Waals surface area contributed by atoms with Crippen molar-refractivity contribution in [2.75, 3.05) is 12.9 Å². The first kappa shape index (κ1) is 16.6. The Bertz CT molecular complexity index is 439. The number of carbonyl (C=O) groups excluding carboxylic acids is 3. The van der Waals surface area contributed by atoms with Crippen LogP contribution >= 0.6 is 0 Å². The van der Waals surface area contributed by atoms with Gasteiger partial charge in [0, 0.05) is 5.92 Å². The minimum Gasteiger partial charge on any atom is -0.459 e. The third-order valence-corrected chi connectivity index (χ3v) is 2.50. The van der Waals surface area contributed by atoms with Crippen LogP contribution in [-0.4, -0.2) is 38.9 Å². The van der Waals surface area contributed by atoms with Gasteiger partial charge in [0.2, 0.25) is 21.7 Å². The van der Waals surface area contributed by atoms with E-state index in [1.165, 1.54) is 6.92 Å². The number of sulfonamides is 1. The number of carbonyl (C=O) groups is 3. The molecule has 0 aromatic heterocycles. The van der Waals surface area contributed by atoms with E-state index in [-0.39, 0.29) is 6.61 Å². The predicted octanol–water partition coefficient (Wildman–Crippen LogP) is -0.533. The van der Waals surface area contributed by atoms with Crippen LogP contribution in [0.5, 0.6) is 0 Å². The summed E-state index contributed by atoms with van der Waals surface area (Å²) >= 11 is 0. The number of nitrogens with one attached hydrogen (secondary N) is 1. The summed E-state index contributed by atoms with van der Waals surface area (Å²) in [7, 11) is -3.64. The largest absolute Gasteiger partial charge is 0.459 e. The van der Waals surface area contributed by atoms with E-state index < -0.39 is 39.5 Å². The number of ketones is 1. The van der Waals surface area contributed by atoms with Crippen molar-refractivity contribution in [3.05, 3.63) is 0 Å². The highest BCUT2D eigenvalue weighted by atomic mass is 32.2. The summed E-state index contributed by atoms with van der Waals surface area (Å²) in [5, 5.41) is 0. The fourth-order valence-corrected chi connectivity index (χ4v) is 1.43. The topological polar surface area (TPSA) is 107 Å². The molecule has 18 heavy (non-hydrogen) atoms. The molecule has 0 heterocycles. The maximum Gasteiger partial charge on any atom is 0.374 e. The Balaban J connectivity index is 4.27. The second-order valence-electron chi connectivity index (χ2n) is 4.26. The second kappa shape index (κ2) is 6.48. The van der Waals surface area contributed by atoms with Gasteiger partial charge in [0.15, 0.2) is 0 Å². The highest BCUT2D eigenvalue weighted by Gasteiger charge is 2.22. The molecular formula is C10H17NO6S. The Morgan fingerprint density at radius 3 is 2.06 bits per heavy atom. The predicted molar refractivity (Wildman–Crippen MR) is 63.0 cm³/mol. The quantitative estimate of drug-likeness (QED) is 0.517. The van der Waals surface area contributed by atoms with Crippen molar-refractivity contribution in [1.82, 2.24) is 4.72 Å². The zero-order valence-corrected chi connectivity index (χ0v) is 11.5. The molecule has 0 rings (SSSR count).